The maximum Gasteiger partial charge on any atom is 0.169 e. The predicted molar refractivity (Wildman–Crippen MR) is 38.7 cm³/mol. The highest BCUT2D eigenvalue weighted by molar-refractivity contribution is 6.50. The SMILES string of the molecule is C1=NCCO1.ClN(Cl)Cl. The zero-order valence-electron chi connectivity index (χ0n) is 4.43. The summed E-state index contributed by atoms with van der Waals surface area (Å²) in [5.74, 6) is 0. The first kappa shape index (κ1) is 9.30. The third-order valence-electron chi connectivity index (χ3n) is 0.487. The molecule has 1 heterocycles. The smallest absolute Gasteiger partial charge is 0.169 e. The van der Waals surface area contributed by atoms with Crippen LogP contribution in [-0.4, -0.2) is 23.0 Å². The fourth-order valence-electron chi connectivity index (χ4n) is 0.264. The lowest BCUT2D eigenvalue weighted by Gasteiger charge is -1.76. The van der Waals surface area contributed by atoms with E-state index in [9.17, 15) is 0 Å². The van der Waals surface area contributed by atoms with Crippen molar-refractivity contribution in [2.45, 2.75) is 0 Å². The van der Waals surface area contributed by atoms with E-state index >= 15 is 0 Å². The van der Waals surface area contributed by atoms with Crippen molar-refractivity contribution in [1.29, 1.82) is 0 Å². The second-order valence-corrected chi connectivity index (χ2v) is 2.61. The van der Waals surface area contributed by atoms with Gasteiger partial charge in [0.25, 0.3) is 0 Å². The Labute approximate surface area is 68.5 Å². The second kappa shape index (κ2) is 6.42. The van der Waals surface area contributed by atoms with Gasteiger partial charge in [0.2, 0.25) is 0 Å². The lowest BCUT2D eigenvalue weighted by molar-refractivity contribution is 0.361. The van der Waals surface area contributed by atoms with Gasteiger partial charge in [0, 0.05) is 35.3 Å². The Morgan fingerprint density at radius 1 is 1.44 bits per heavy atom. The van der Waals surface area contributed by atoms with Gasteiger partial charge in [-0.25, -0.2) is 0 Å². The molecule has 0 unspecified atom stereocenters. The van der Waals surface area contributed by atoms with Crippen molar-refractivity contribution in [2.75, 3.05) is 13.2 Å². The summed E-state index contributed by atoms with van der Waals surface area (Å²) < 4.78 is 5.07. The van der Waals surface area contributed by atoms with Crippen LogP contribution in [0.15, 0.2) is 4.99 Å². The first-order valence-electron chi connectivity index (χ1n) is 2.11. The minimum absolute atomic E-state index is 0.417. The van der Waals surface area contributed by atoms with Crippen molar-refractivity contribution >= 4 is 41.7 Å². The van der Waals surface area contributed by atoms with Gasteiger partial charge >= 0.3 is 0 Å². The van der Waals surface area contributed by atoms with Crippen LogP contribution in [0.2, 0.25) is 0 Å². The Morgan fingerprint density at radius 3 is 2.11 bits per heavy atom. The van der Waals surface area contributed by atoms with E-state index in [2.05, 4.69) is 45.1 Å². The average Bonchev–Trinajstić information content (AvgIpc) is 2.11. The molecule has 0 fully saturated rings. The minimum Gasteiger partial charge on any atom is -0.482 e. The number of hydrogen-bond donors (Lipinski definition) is 0. The summed E-state index contributed by atoms with van der Waals surface area (Å²) in [5.41, 5.74) is 0. The summed E-state index contributed by atoms with van der Waals surface area (Å²) in [6, 6.07) is 0. The number of ether oxygens (including phenoxy) is 1. The summed E-state index contributed by atoms with van der Waals surface area (Å²) in [6.07, 6.45) is 1.49. The molecule has 0 aliphatic carbocycles. The fraction of sp³-hybridized carbons (Fsp3) is 0.667. The molecular weight excluding hydrogens is 186 g/mol. The summed E-state index contributed by atoms with van der Waals surface area (Å²) in [4.78, 5) is 3.74. The lowest BCUT2D eigenvalue weighted by atomic mass is 10.8. The zero-order chi connectivity index (χ0) is 7.11. The van der Waals surface area contributed by atoms with Gasteiger partial charge in [-0.3, -0.25) is 4.99 Å². The highest BCUT2D eigenvalue weighted by Crippen LogP contribution is 1.99. The quantitative estimate of drug-likeness (QED) is 0.546. The van der Waals surface area contributed by atoms with Crippen LogP contribution in [0, 0.1) is 0 Å². The van der Waals surface area contributed by atoms with Crippen LogP contribution in [0.25, 0.3) is 0 Å². The second-order valence-electron chi connectivity index (χ2n) is 1.07. The largest absolute Gasteiger partial charge is 0.482 e. The molecule has 0 atom stereocenters. The van der Waals surface area contributed by atoms with Crippen LogP contribution in [0.1, 0.15) is 0 Å². The van der Waals surface area contributed by atoms with Gasteiger partial charge in [-0.05, 0) is 3.46 Å². The van der Waals surface area contributed by atoms with Crippen LogP contribution in [-0.2, 0) is 4.74 Å². The van der Waals surface area contributed by atoms with Crippen molar-refractivity contribution in [3.05, 3.63) is 0 Å². The van der Waals surface area contributed by atoms with Crippen molar-refractivity contribution < 1.29 is 4.74 Å². The third kappa shape index (κ3) is 11.7. The van der Waals surface area contributed by atoms with E-state index in [1.165, 1.54) is 6.40 Å². The number of rotatable bonds is 0. The monoisotopic (exact) mass is 190 g/mol. The number of halogens is 3. The molecule has 1 rings (SSSR count). The molecule has 9 heavy (non-hydrogen) atoms. The highest BCUT2D eigenvalue weighted by atomic mass is 35.6. The first-order valence-corrected chi connectivity index (χ1v) is 3.12. The van der Waals surface area contributed by atoms with E-state index < -0.39 is 0 Å². The number of aliphatic imine (C=N–C) groups is 1. The van der Waals surface area contributed by atoms with Gasteiger partial charge in [0.1, 0.15) is 6.61 Å². The van der Waals surface area contributed by atoms with Crippen molar-refractivity contribution in [3.8, 4) is 0 Å². The Morgan fingerprint density at radius 2 is 2.00 bits per heavy atom. The molecule has 0 saturated heterocycles. The van der Waals surface area contributed by atoms with Crippen molar-refractivity contribution in [3.63, 3.8) is 0 Å². The maximum atomic E-state index is 4.65. The molecule has 0 radical (unpaired) electrons. The third-order valence-corrected chi connectivity index (χ3v) is 0.487. The van der Waals surface area contributed by atoms with Gasteiger partial charge in [0.05, 0.1) is 6.54 Å². The molecule has 0 saturated carbocycles. The van der Waals surface area contributed by atoms with Crippen molar-refractivity contribution in [2.24, 2.45) is 4.99 Å². The molecule has 0 aromatic rings. The minimum atomic E-state index is 0.417. The molecular formula is C3H5Cl3N2O. The predicted octanol–water partition coefficient (Wildman–Crippen LogP) is 1.79. The summed E-state index contributed by atoms with van der Waals surface area (Å²) in [6.45, 7) is 1.62. The molecule has 54 valence electrons. The molecule has 1 aliphatic heterocycles. The van der Waals surface area contributed by atoms with Crippen LogP contribution < -0.4 is 0 Å². The summed E-state index contributed by atoms with van der Waals surface area (Å²) >= 11 is 13.9. The molecule has 0 spiro atoms. The Kier molecular flexibility index (Phi) is 6.63. The van der Waals surface area contributed by atoms with Gasteiger partial charge in [-0.1, -0.05) is 0 Å². The molecule has 3 nitrogen and oxygen atoms in total. The van der Waals surface area contributed by atoms with E-state index in [1.807, 2.05) is 0 Å². The Bertz CT molecular complexity index is 78.4. The molecule has 0 bridgehead atoms. The number of nitrogens with zero attached hydrogens (tertiary/aromatic N) is 2. The first-order chi connectivity index (χ1) is 4.23. The van der Waals surface area contributed by atoms with E-state index in [4.69, 9.17) is 0 Å². The topological polar surface area (TPSA) is 24.8 Å². The number of hydrogen-bond acceptors (Lipinski definition) is 3. The molecule has 1 aliphatic rings. The van der Waals surface area contributed by atoms with Crippen molar-refractivity contribution in [1.82, 2.24) is 3.46 Å². The van der Waals surface area contributed by atoms with Gasteiger partial charge in [-0.2, -0.15) is 0 Å². The van der Waals surface area contributed by atoms with E-state index in [-0.39, 0.29) is 0 Å². The Balaban J connectivity index is 0.000000148. The molecule has 0 aromatic carbocycles. The summed E-state index contributed by atoms with van der Waals surface area (Å²) in [5, 5.41) is 0. The molecule has 6 heteroatoms. The van der Waals surface area contributed by atoms with E-state index in [0.29, 0.717) is 3.46 Å². The van der Waals surface area contributed by atoms with Crippen LogP contribution in [0.3, 0.4) is 0 Å². The summed E-state index contributed by atoms with van der Waals surface area (Å²) in [7, 11) is 0. The van der Waals surface area contributed by atoms with E-state index in [0.717, 1.165) is 13.2 Å². The Hall–Kier alpha value is 0.300. The fourth-order valence-corrected chi connectivity index (χ4v) is 0.264. The molecule has 0 N–H and O–H groups in total. The standard InChI is InChI=1S/C3H5NO.Cl3N/c1-2-5-3-4-1;1-4(2)3/h3H,1-2H2;. The molecule has 0 amide bonds. The van der Waals surface area contributed by atoms with Gasteiger partial charge in [-0.15, -0.1) is 0 Å². The normalized spacial score (nSPS) is 14.7. The van der Waals surface area contributed by atoms with Crippen LogP contribution >= 0.6 is 35.3 Å². The lowest BCUT2D eigenvalue weighted by Crippen LogP contribution is -1.80. The van der Waals surface area contributed by atoms with Gasteiger partial charge < -0.3 is 4.74 Å². The maximum absolute atomic E-state index is 4.65. The zero-order valence-corrected chi connectivity index (χ0v) is 6.70. The van der Waals surface area contributed by atoms with Crippen LogP contribution in [0.4, 0.5) is 0 Å². The average molecular weight is 191 g/mol. The van der Waals surface area contributed by atoms with Crippen LogP contribution in [0.5, 0.6) is 0 Å². The molecule has 0 aromatic heterocycles. The van der Waals surface area contributed by atoms with Gasteiger partial charge in [0.15, 0.2) is 6.40 Å². The van der Waals surface area contributed by atoms with E-state index in [1.54, 1.807) is 0 Å². The highest BCUT2D eigenvalue weighted by Gasteiger charge is 1.84.